The van der Waals surface area contributed by atoms with Gasteiger partial charge in [-0.25, -0.2) is 19.6 Å². The third kappa shape index (κ3) is 8.52. The number of esters is 1. The molecule has 2 bridgehead atoms. The Morgan fingerprint density at radius 3 is 2.59 bits per heavy atom. The monoisotopic (exact) mass is 717 g/mol. The van der Waals surface area contributed by atoms with Crippen molar-refractivity contribution < 1.29 is 33.4 Å². The van der Waals surface area contributed by atoms with Gasteiger partial charge in [0.25, 0.3) is 0 Å². The number of aromatic nitrogens is 2. The third-order valence-corrected chi connectivity index (χ3v) is 10.3. The summed E-state index contributed by atoms with van der Waals surface area (Å²) >= 11 is 1.51. The lowest BCUT2D eigenvalue weighted by molar-refractivity contribution is -0.154. The molecular weight excluding hydrogens is 671 g/mol. The third-order valence-electron chi connectivity index (χ3n) is 9.47. The standard InChI is InChI=1S/C38H47N5O7S/c1-5-48-35(46)38-19-18-24(22-38)13-8-6-7-9-16-28(41-36(47)50-37(2,3)4)34(45)43-23-25(21-29(43)32(44)42-38)49-33-31(30-17-12-20-51-30)39-26-14-10-11-15-27(26)40-33/h10-15,17,20,25,28-29H,5-9,16,18-19,21-23H2,1-4H3,(H,41,47)(H,42,44)/b24-13-/t25-,28+,29+,38-/m1/s1. The van der Waals surface area contributed by atoms with Gasteiger partial charge in [0, 0.05) is 12.8 Å². The molecule has 0 unspecified atom stereocenters. The molecular formula is C38H47N5O7S. The Bertz CT molecular complexity index is 1790. The molecule has 4 atom stereocenters. The number of carbonyl (C=O) groups is 4. The molecule has 0 spiro atoms. The molecule has 2 aliphatic heterocycles. The van der Waals surface area contributed by atoms with E-state index in [-0.39, 0.29) is 19.6 Å². The first-order valence-corrected chi connectivity index (χ1v) is 18.8. The number of para-hydroxylation sites is 2. The lowest BCUT2D eigenvalue weighted by Crippen LogP contribution is -2.59. The van der Waals surface area contributed by atoms with Crippen LogP contribution in [-0.4, -0.2) is 81.2 Å². The fourth-order valence-electron chi connectivity index (χ4n) is 7.09. The van der Waals surface area contributed by atoms with Crippen molar-refractivity contribution in [2.75, 3.05) is 13.2 Å². The van der Waals surface area contributed by atoms with E-state index in [0.717, 1.165) is 29.7 Å². The Hall–Kier alpha value is -4.52. The van der Waals surface area contributed by atoms with E-state index in [1.54, 1.807) is 27.7 Å². The number of benzene rings is 1. The van der Waals surface area contributed by atoms with Crippen LogP contribution >= 0.6 is 11.3 Å². The Balaban J connectivity index is 1.35. The summed E-state index contributed by atoms with van der Waals surface area (Å²) in [6, 6.07) is 9.46. The smallest absolute Gasteiger partial charge is 0.408 e. The highest BCUT2D eigenvalue weighted by molar-refractivity contribution is 7.13. The van der Waals surface area contributed by atoms with Gasteiger partial charge in [0.1, 0.15) is 35.0 Å². The van der Waals surface area contributed by atoms with Crippen molar-refractivity contribution in [2.45, 2.75) is 115 Å². The molecule has 2 fully saturated rings. The molecule has 1 aliphatic carbocycles. The fourth-order valence-corrected chi connectivity index (χ4v) is 7.79. The number of thiophene rings is 1. The summed E-state index contributed by atoms with van der Waals surface area (Å²) in [5.41, 5.74) is 1.04. The summed E-state index contributed by atoms with van der Waals surface area (Å²) < 4.78 is 17.6. The van der Waals surface area contributed by atoms with Crippen LogP contribution in [0.25, 0.3) is 21.6 Å². The van der Waals surface area contributed by atoms with Crippen molar-refractivity contribution in [1.82, 2.24) is 25.5 Å². The van der Waals surface area contributed by atoms with E-state index < -0.39 is 53.2 Å². The van der Waals surface area contributed by atoms with E-state index in [2.05, 4.69) is 16.7 Å². The van der Waals surface area contributed by atoms with Gasteiger partial charge < -0.3 is 29.7 Å². The number of hydrogen-bond donors (Lipinski definition) is 2. The molecule has 3 aromatic rings. The first kappa shape index (κ1) is 36.3. The van der Waals surface area contributed by atoms with Crippen LogP contribution < -0.4 is 15.4 Å². The minimum absolute atomic E-state index is 0.0549. The summed E-state index contributed by atoms with van der Waals surface area (Å²) in [5.74, 6) is -1.07. The van der Waals surface area contributed by atoms with Crippen molar-refractivity contribution in [3.8, 4) is 16.5 Å². The highest BCUT2D eigenvalue weighted by Gasteiger charge is 2.50. The molecule has 1 saturated carbocycles. The van der Waals surface area contributed by atoms with Crippen LogP contribution in [0.5, 0.6) is 5.88 Å². The quantitative estimate of drug-likeness (QED) is 0.228. The first-order chi connectivity index (χ1) is 24.4. The summed E-state index contributed by atoms with van der Waals surface area (Å²) in [6.45, 7) is 7.25. The van der Waals surface area contributed by atoms with E-state index in [1.807, 2.05) is 41.8 Å². The zero-order valence-corrected chi connectivity index (χ0v) is 30.6. The van der Waals surface area contributed by atoms with Crippen LogP contribution in [0, 0.1) is 0 Å². The summed E-state index contributed by atoms with van der Waals surface area (Å²) in [4.78, 5) is 67.4. The van der Waals surface area contributed by atoms with Gasteiger partial charge in [-0.1, -0.05) is 42.7 Å². The maximum atomic E-state index is 14.5. The van der Waals surface area contributed by atoms with Crippen molar-refractivity contribution in [3.05, 3.63) is 53.4 Å². The number of hydrogen-bond acceptors (Lipinski definition) is 10. The van der Waals surface area contributed by atoms with E-state index in [9.17, 15) is 19.2 Å². The van der Waals surface area contributed by atoms with Gasteiger partial charge in [0.05, 0.1) is 29.1 Å². The molecule has 2 N–H and O–H groups in total. The topological polar surface area (TPSA) is 149 Å². The number of alkyl carbamates (subject to hydrolysis) is 1. The van der Waals surface area contributed by atoms with Crippen molar-refractivity contribution in [3.63, 3.8) is 0 Å². The van der Waals surface area contributed by atoms with Crippen molar-refractivity contribution in [2.24, 2.45) is 0 Å². The molecule has 4 heterocycles. The number of amides is 3. The number of rotatable bonds is 6. The molecule has 2 aromatic heterocycles. The van der Waals surface area contributed by atoms with Crippen LogP contribution in [0.1, 0.15) is 85.5 Å². The van der Waals surface area contributed by atoms with Gasteiger partial charge in [-0.3, -0.25) is 9.59 Å². The molecule has 12 nitrogen and oxygen atoms in total. The van der Waals surface area contributed by atoms with E-state index in [1.165, 1.54) is 16.2 Å². The van der Waals surface area contributed by atoms with Crippen LogP contribution in [0.2, 0.25) is 0 Å². The van der Waals surface area contributed by atoms with Gasteiger partial charge in [-0.15, -0.1) is 11.3 Å². The lowest BCUT2D eigenvalue weighted by Gasteiger charge is -2.32. The number of ether oxygens (including phenoxy) is 3. The number of allylic oxidation sites excluding steroid dienone is 1. The molecule has 1 aromatic carbocycles. The maximum Gasteiger partial charge on any atom is 0.408 e. The predicted molar refractivity (Wildman–Crippen MR) is 193 cm³/mol. The Morgan fingerprint density at radius 1 is 1.08 bits per heavy atom. The second kappa shape index (κ2) is 15.4. The zero-order valence-electron chi connectivity index (χ0n) is 29.7. The van der Waals surface area contributed by atoms with Crippen LogP contribution in [0.4, 0.5) is 4.79 Å². The van der Waals surface area contributed by atoms with Crippen molar-refractivity contribution in [1.29, 1.82) is 0 Å². The Labute approximate surface area is 302 Å². The molecule has 3 amide bonds. The normalized spacial score (nSPS) is 25.5. The first-order valence-electron chi connectivity index (χ1n) is 17.9. The van der Waals surface area contributed by atoms with E-state index in [0.29, 0.717) is 54.7 Å². The molecule has 51 heavy (non-hydrogen) atoms. The van der Waals surface area contributed by atoms with Crippen LogP contribution in [0.3, 0.4) is 0 Å². The van der Waals surface area contributed by atoms with Gasteiger partial charge in [0.2, 0.25) is 17.7 Å². The SMILES string of the molecule is CCOC(=O)[C@]12CC/C(=C/CCCCC[C@H](NC(=O)OC(C)(C)C)C(=O)N3C[C@H](Oc4nc5ccccc5nc4-c4cccs4)C[C@H]3C(=O)N1)C2. The summed E-state index contributed by atoms with van der Waals surface area (Å²) in [5, 5.41) is 7.80. The highest BCUT2D eigenvalue weighted by atomic mass is 32.1. The Kier molecular flexibility index (Phi) is 10.9. The highest BCUT2D eigenvalue weighted by Crippen LogP contribution is 2.38. The van der Waals surface area contributed by atoms with Crippen LogP contribution in [0.15, 0.2) is 53.4 Å². The minimum atomic E-state index is -1.24. The molecule has 0 radical (unpaired) electrons. The van der Waals surface area contributed by atoms with Gasteiger partial charge in [-0.2, -0.15) is 0 Å². The number of fused-ring (bicyclic) bond motifs is 4. The average molecular weight is 718 g/mol. The van der Waals surface area contributed by atoms with Gasteiger partial charge >= 0.3 is 12.1 Å². The van der Waals surface area contributed by atoms with Crippen LogP contribution in [-0.2, 0) is 23.9 Å². The number of carbonyl (C=O) groups excluding carboxylic acids is 4. The number of nitrogens with one attached hydrogen (secondary N) is 2. The van der Waals surface area contributed by atoms with E-state index in [4.69, 9.17) is 24.2 Å². The summed E-state index contributed by atoms with van der Waals surface area (Å²) in [6.07, 6.45) is 5.99. The molecule has 13 heteroatoms. The lowest BCUT2D eigenvalue weighted by atomic mass is 9.95. The minimum Gasteiger partial charge on any atom is -0.471 e. The largest absolute Gasteiger partial charge is 0.471 e. The Morgan fingerprint density at radius 2 is 1.86 bits per heavy atom. The second-order valence-electron chi connectivity index (χ2n) is 14.5. The zero-order chi connectivity index (χ0) is 36.2. The fraction of sp³-hybridized carbons (Fsp3) is 0.526. The predicted octanol–water partition coefficient (Wildman–Crippen LogP) is 6.09. The second-order valence-corrected chi connectivity index (χ2v) is 15.4. The molecule has 6 rings (SSSR count). The van der Waals surface area contributed by atoms with Gasteiger partial charge in [-0.05, 0) is 83.4 Å². The van der Waals surface area contributed by atoms with E-state index >= 15 is 0 Å². The average Bonchev–Trinajstić information content (AvgIpc) is 3.85. The van der Waals surface area contributed by atoms with Crippen molar-refractivity contribution >= 4 is 46.2 Å². The maximum absolute atomic E-state index is 14.5. The summed E-state index contributed by atoms with van der Waals surface area (Å²) in [7, 11) is 0. The molecule has 272 valence electrons. The molecule has 1 saturated heterocycles. The van der Waals surface area contributed by atoms with Gasteiger partial charge in [0.15, 0.2) is 0 Å². The molecule has 3 aliphatic rings. The number of nitrogens with zero attached hydrogens (tertiary/aromatic N) is 3.